The minimum absolute atomic E-state index is 0.251. The number of hydrogen-bond acceptors (Lipinski definition) is 3. The molecule has 0 aliphatic heterocycles. The number of rotatable bonds is 4. The maximum atomic E-state index is 12.9. The maximum absolute atomic E-state index is 12.9. The molecule has 0 bridgehead atoms. The van der Waals surface area contributed by atoms with Gasteiger partial charge in [0.05, 0.1) is 12.2 Å². The lowest BCUT2D eigenvalue weighted by Gasteiger charge is -2.04. The van der Waals surface area contributed by atoms with Crippen LogP contribution in [-0.4, -0.2) is 4.98 Å². The predicted octanol–water partition coefficient (Wildman–Crippen LogP) is 4.40. The Balaban J connectivity index is 1.69. The van der Waals surface area contributed by atoms with E-state index in [0.717, 1.165) is 28.3 Å². The molecule has 0 aliphatic rings. The third-order valence-corrected chi connectivity index (χ3v) is 3.13. The number of pyridine rings is 1. The lowest BCUT2D eigenvalue weighted by atomic mass is 10.2. The van der Waals surface area contributed by atoms with E-state index in [0.29, 0.717) is 6.54 Å². The van der Waals surface area contributed by atoms with Crippen LogP contribution < -0.4 is 5.32 Å². The zero-order valence-electron chi connectivity index (χ0n) is 11.6. The van der Waals surface area contributed by atoms with Gasteiger partial charge in [-0.1, -0.05) is 0 Å². The highest BCUT2D eigenvalue weighted by atomic mass is 19.1. The van der Waals surface area contributed by atoms with Gasteiger partial charge in [-0.25, -0.2) is 4.39 Å². The monoisotopic (exact) mass is 282 g/mol. The fourth-order valence-corrected chi connectivity index (χ4v) is 2.08. The molecule has 3 nitrogen and oxygen atoms in total. The van der Waals surface area contributed by atoms with Crippen molar-refractivity contribution >= 4 is 5.69 Å². The van der Waals surface area contributed by atoms with E-state index in [9.17, 15) is 4.39 Å². The lowest BCUT2D eigenvalue weighted by molar-refractivity contribution is 0.531. The van der Waals surface area contributed by atoms with Crippen molar-refractivity contribution in [3.8, 4) is 11.3 Å². The Hall–Kier alpha value is -2.62. The van der Waals surface area contributed by atoms with Crippen LogP contribution >= 0.6 is 0 Å². The zero-order chi connectivity index (χ0) is 14.7. The minimum Gasteiger partial charge on any atom is -0.459 e. The van der Waals surface area contributed by atoms with Gasteiger partial charge in [0.2, 0.25) is 0 Å². The smallest absolute Gasteiger partial charge is 0.134 e. The molecule has 0 fully saturated rings. The summed E-state index contributed by atoms with van der Waals surface area (Å²) >= 11 is 0. The molecule has 1 aromatic carbocycles. The first-order valence-corrected chi connectivity index (χ1v) is 6.71. The molecule has 0 atom stereocenters. The van der Waals surface area contributed by atoms with Gasteiger partial charge in [-0.2, -0.15) is 0 Å². The van der Waals surface area contributed by atoms with E-state index >= 15 is 0 Å². The van der Waals surface area contributed by atoms with E-state index in [1.54, 1.807) is 18.3 Å². The van der Waals surface area contributed by atoms with Gasteiger partial charge < -0.3 is 9.73 Å². The van der Waals surface area contributed by atoms with Gasteiger partial charge in [0.1, 0.15) is 17.3 Å². The number of aryl methyl sites for hydroxylation is 1. The van der Waals surface area contributed by atoms with Gasteiger partial charge in [-0.05, 0) is 55.0 Å². The van der Waals surface area contributed by atoms with Crippen molar-refractivity contribution in [3.05, 3.63) is 72.0 Å². The third kappa shape index (κ3) is 3.28. The Morgan fingerprint density at radius 3 is 2.67 bits per heavy atom. The SMILES string of the molecule is Cc1cncc(NCc2ccc(-c3ccc(F)cc3)o2)c1. The minimum atomic E-state index is -0.251. The number of halogens is 1. The molecular formula is C17H15FN2O. The molecule has 0 radical (unpaired) electrons. The maximum Gasteiger partial charge on any atom is 0.134 e. The molecule has 21 heavy (non-hydrogen) atoms. The van der Waals surface area contributed by atoms with Gasteiger partial charge in [0, 0.05) is 18.0 Å². The van der Waals surface area contributed by atoms with Crippen LogP contribution in [0.25, 0.3) is 11.3 Å². The van der Waals surface area contributed by atoms with E-state index in [-0.39, 0.29) is 5.82 Å². The van der Waals surface area contributed by atoms with E-state index in [4.69, 9.17) is 4.42 Å². The molecule has 1 N–H and O–H groups in total. The third-order valence-electron chi connectivity index (χ3n) is 3.13. The average molecular weight is 282 g/mol. The van der Waals surface area contributed by atoms with Crippen molar-refractivity contribution in [2.75, 3.05) is 5.32 Å². The number of nitrogens with one attached hydrogen (secondary N) is 1. The second-order valence-corrected chi connectivity index (χ2v) is 4.88. The molecule has 0 amide bonds. The fourth-order valence-electron chi connectivity index (χ4n) is 2.08. The quantitative estimate of drug-likeness (QED) is 0.770. The Kier molecular flexibility index (Phi) is 3.69. The first-order chi connectivity index (χ1) is 10.2. The van der Waals surface area contributed by atoms with E-state index in [2.05, 4.69) is 10.3 Å². The van der Waals surface area contributed by atoms with Crippen LogP contribution in [0.15, 0.2) is 59.3 Å². The first-order valence-electron chi connectivity index (χ1n) is 6.71. The highest BCUT2D eigenvalue weighted by Gasteiger charge is 2.05. The van der Waals surface area contributed by atoms with E-state index in [1.165, 1.54) is 12.1 Å². The Bertz CT molecular complexity index is 735. The second kappa shape index (κ2) is 5.79. The summed E-state index contributed by atoms with van der Waals surface area (Å²) in [5.74, 6) is 1.30. The van der Waals surface area contributed by atoms with Crippen molar-refractivity contribution in [2.24, 2.45) is 0 Å². The van der Waals surface area contributed by atoms with Gasteiger partial charge in [0.25, 0.3) is 0 Å². The lowest BCUT2D eigenvalue weighted by Crippen LogP contribution is -1.98. The number of anilines is 1. The van der Waals surface area contributed by atoms with Crippen molar-refractivity contribution in [1.82, 2.24) is 4.98 Å². The zero-order valence-corrected chi connectivity index (χ0v) is 11.6. The highest BCUT2D eigenvalue weighted by Crippen LogP contribution is 2.23. The fraction of sp³-hybridized carbons (Fsp3) is 0.118. The van der Waals surface area contributed by atoms with Crippen molar-refractivity contribution in [1.29, 1.82) is 0 Å². The standard InChI is InChI=1S/C17H15FN2O/c1-12-8-15(10-19-9-12)20-11-16-6-7-17(21-16)13-2-4-14(18)5-3-13/h2-10,20H,11H2,1H3. The Labute approximate surface area is 122 Å². The molecule has 3 aromatic rings. The first kappa shape index (κ1) is 13.4. The van der Waals surface area contributed by atoms with Crippen molar-refractivity contribution in [3.63, 3.8) is 0 Å². The molecule has 0 spiro atoms. The highest BCUT2D eigenvalue weighted by molar-refractivity contribution is 5.57. The molecular weight excluding hydrogens is 267 g/mol. The number of aromatic nitrogens is 1. The summed E-state index contributed by atoms with van der Waals surface area (Å²) in [6.45, 7) is 2.57. The summed E-state index contributed by atoms with van der Waals surface area (Å²) in [5, 5.41) is 3.26. The normalized spacial score (nSPS) is 10.6. The number of benzene rings is 1. The number of furan rings is 1. The van der Waals surface area contributed by atoms with Crippen molar-refractivity contribution in [2.45, 2.75) is 13.5 Å². The molecule has 0 unspecified atom stereocenters. The van der Waals surface area contributed by atoms with Crippen LogP contribution in [-0.2, 0) is 6.54 Å². The second-order valence-electron chi connectivity index (χ2n) is 4.88. The summed E-state index contributed by atoms with van der Waals surface area (Å²) in [7, 11) is 0. The number of hydrogen-bond donors (Lipinski definition) is 1. The van der Waals surface area contributed by atoms with Crippen LogP contribution in [0.5, 0.6) is 0 Å². The summed E-state index contributed by atoms with van der Waals surface area (Å²) in [5.41, 5.74) is 2.92. The molecule has 2 aromatic heterocycles. The summed E-state index contributed by atoms with van der Waals surface area (Å²) in [4.78, 5) is 4.13. The largest absolute Gasteiger partial charge is 0.459 e. The van der Waals surface area contributed by atoms with Crippen LogP contribution in [0, 0.1) is 12.7 Å². The average Bonchev–Trinajstić information content (AvgIpc) is 2.95. The van der Waals surface area contributed by atoms with E-state index in [1.807, 2.05) is 31.3 Å². The van der Waals surface area contributed by atoms with Gasteiger partial charge in [0.15, 0.2) is 0 Å². The van der Waals surface area contributed by atoms with Crippen molar-refractivity contribution < 1.29 is 8.81 Å². The molecule has 106 valence electrons. The van der Waals surface area contributed by atoms with Gasteiger partial charge in [-0.15, -0.1) is 0 Å². The van der Waals surface area contributed by atoms with Crippen LogP contribution in [0.3, 0.4) is 0 Å². The predicted molar refractivity (Wildman–Crippen MR) is 80.4 cm³/mol. The molecule has 4 heteroatoms. The van der Waals surface area contributed by atoms with Crippen LogP contribution in [0.4, 0.5) is 10.1 Å². The molecule has 2 heterocycles. The molecule has 0 saturated carbocycles. The van der Waals surface area contributed by atoms with Crippen LogP contribution in [0.1, 0.15) is 11.3 Å². The molecule has 0 aliphatic carbocycles. The molecule has 3 rings (SSSR count). The Morgan fingerprint density at radius 1 is 1.10 bits per heavy atom. The van der Waals surface area contributed by atoms with E-state index < -0.39 is 0 Å². The van der Waals surface area contributed by atoms with Gasteiger partial charge >= 0.3 is 0 Å². The molecule has 0 saturated heterocycles. The Morgan fingerprint density at radius 2 is 1.90 bits per heavy atom. The summed E-state index contributed by atoms with van der Waals surface area (Å²) in [6.07, 6.45) is 3.58. The number of nitrogens with zero attached hydrogens (tertiary/aromatic N) is 1. The topological polar surface area (TPSA) is 38.1 Å². The van der Waals surface area contributed by atoms with Crippen LogP contribution in [0.2, 0.25) is 0 Å². The van der Waals surface area contributed by atoms with Gasteiger partial charge in [-0.3, -0.25) is 4.98 Å². The summed E-state index contributed by atoms with van der Waals surface area (Å²) < 4.78 is 18.7. The summed E-state index contributed by atoms with van der Waals surface area (Å²) in [6, 6.07) is 12.1.